The van der Waals surface area contributed by atoms with Gasteiger partial charge in [0.1, 0.15) is 0 Å². The largest absolute Gasteiger partial charge is 0.341 e. The minimum absolute atomic E-state index is 0.0197. The highest BCUT2D eigenvalue weighted by Crippen LogP contribution is 2.44. The molecule has 0 atom stereocenters. The summed E-state index contributed by atoms with van der Waals surface area (Å²) in [5.41, 5.74) is 5.03. The van der Waals surface area contributed by atoms with Crippen molar-refractivity contribution in [2.24, 2.45) is 13.0 Å². The Morgan fingerprint density at radius 3 is 2.65 bits per heavy atom. The lowest BCUT2D eigenvalue weighted by molar-refractivity contribution is 0.152. The number of rotatable bonds is 4. The van der Waals surface area contributed by atoms with Crippen molar-refractivity contribution in [3.63, 3.8) is 0 Å². The Morgan fingerprint density at radius 1 is 1.18 bits per heavy atom. The van der Waals surface area contributed by atoms with Crippen LogP contribution in [0.15, 0.2) is 24.5 Å². The third kappa shape index (κ3) is 4.59. The number of nitriles is 1. The van der Waals surface area contributed by atoms with E-state index in [0.717, 1.165) is 66.9 Å². The van der Waals surface area contributed by atoms with Gasteiger partial charge in [-0.1, -0.05) is 0 Å². The van der Waals surface area contributed by atoms with Crippen molar-refractivity contribution in [2.45, 2.75) is 64.0 Å². The predicted molar refractivity (Wildman–Crippen MR) is 146 cm³/mol. The highest BCUT2D eigenvalue weighted by molar-refractivity contribution is 5.78. The summed E-state index contributed by atoms with van der Waals surface area (Å²) in [6, 6.07) is 5.98. The van der Waals surface area contributed by atoms with Crippen LogP contribution in [0.5, 0.6) is 0 Å². The number of fused-ring (bicyclic) bond motifs is 2. The van der Waals surface area contributed by atoms with Crippen molar-refractivity contribution in [2.75, 3.05) is 25.0 Å². The van der Waals surface area contributed by atoms with Crippen molar-refractivity contribution in [3.8, 4) is 17.2 Å². The molecule has 2 amide bonds. The molecule has 0 bridgehead atoms. The Bertz CT molecular complexity index is 1460. The van der Waals surface area contributed by atoms with Crippen LogP contribution in [0.25, 0.3) is 11.1 Å². The molecule has 4 heterocycles. The van der Waals surface area contributed by atoms with Crippen LogP contribution < -0.4 is 10.2 Å². The lowest BCUT2D eigenvalue weighted by atomic mass is 9.87. The van der Waals surface area contributed by atoms with E-state index in [1.54, 1.807) is 42.1 Å². The first-order chi connectivity index (χ1) is 19.4. The summed E-state index contributed by atoms with van der Waals surface area (Å²) in [4.78, 5) is 16.5. The number of hydrogen-bond donors (Lipinski definition) is 1. The van der Waals surface area contributed by atoms with E-state index in [9.17, 15) is 18.8 Å². The summed E-state index contributed by atoms with van der Waals surface area (Å²) in [5, 5.41) is 21.5. The molecule has 9 nitrogen and oxygen atoms in total. The first-order valence-electron chi connectivity index (χ1n) is 14.1. The maximum absolute atomic E-state index is 14.4. The van der Waals surface area contributed by atoms with E-state index >= 15 is 0 Å². The molecule has 11 heteroatoms. The van der Waals surface area contributed by atoms with Crippen molar-refractivity contribution in [1.29, 1.82) is 5.26 Å². The van der Waals surface area contributed by atoms with E-state index in [4.69, 9.17) is 5.10 Å². The molecule has 1 aliphatic carbocycles. The van der Waals surface area contributed by atoms with E-state index in [2.05, 4.69) is 26.1 Å². The van der Waals surface area contributed by atoms with Gasteiger partial charge in [0.15, 0.2) is 5.82 Å². The molecular formula is C29H34F2N8O. The van der Waals surface area contributed by atoms with Crippen molar-refractivity contribution >= 4 is 17.5 Å². The van der Waals surface area contributed by atoms with Gasteiger partial charge in [0.2, 0.25) is 0 Å². The average Bonchev–Trinajstić information content (AvgIpc) is 3.59. The zero-order chi connectivity index (χ0) is 28.0. The molecule has 0 radical (unpaired) electrons. The molecule has 1 saturated carbocycles. The van der Waals surface area contributed by atoms with Gasteiger partial charge in [0, 0.05) is 73.8 Å². The quantitative estimate of drug-likeness (QED) is 0.480. The molecular weight excluding hydrogens is 514 g/mol. The maximum Gasteiger partial charge on any atom is 0.317 e. The molecule has 0 saturated heterocycles. The molecule has 1 N–H and O–H groups in total. The number of carbonyl (C=O) groups excluding carboxylic acids is 1. The number of benzene rings is 1. The van der Waals surface area contributed by atoms with Gasteiger partial charge in [-0.3, -0.25) is 9.36 Å². The maximum atomic E-state index is 14.4. The van der Waals surface area contributed by atoms with E-state index in [0.29, 0.717) is 37.2 Å². The highest BCUT2D eigenvalue weighted by atomic mass is 19.3. The highest BCUT2D eigenvalue weighted by Gasteiger charge is 2.35. The van der Waals surface area contributed by atoms with Crippen LogP contribution in [-0.2, 0) is 26.4 Å². The summed E-state index contributed by atoms with van der Waals surface area (Å²) < 4.78 is 32.6. The summed E-state index contributed by atoms with van der Waals surface area (Å²) in [6.07, 6.45) is 6.52. The number of aryl methyl sites for hydroxylation is 2. The fraction of sp³-hybridized carbons (Fsp3) is 0.517. The Labute approximate surface area is 232 Å². The van der Waals surface area contributed by atoms with E-state index in [1.165, 1.54) is 0 Å². The molecule has 3 aromatic rings. The Kier molecular flexibility index (Phi) is 6.94. The summed E-state index contributed by atoms with van der Waals surface area (Å²) in [7, 11) is 3.41. The van der Waals surface area contributed by atoms with Crippen LogP contribution in [0.1, 0.15) is 67.0 Å². The number of aromatic nitrogens is 4. The lowest BCUT2D eigenvalue weighted by Gasteiger charge is -2.33. The van der Waals surface area contributed by atoms with Crippen LogP contribution in [0.3, 0.4) is 0 Å². The lowest BCUT2D eigenvalue weighted by Crippen LogP contribution is -2.42. The first kappa shape index (κ1) is 26.3. The van der Waals surface area contributed by atoms with Crippen LogP contribution in [0.2, 0.25) is 0 Å². The van der Waals surface area contributed by atoms with Gasteiger partial charge in [-0.05, 0) is 61.8 Å². The van der Waals surface area contributed by atoms with Crippen LogP contribution in [0, 0.1) is 17.2 Å². The Morgan fingerprint density at radius 2 is 1.98 bits per heavy atom. The second-order valence-corrected chi connectivity index (χ2v) is 11.1. The van der Waals surface area contributed by atoms with Crippen molar-refractivity contribution < 1.29 is 13.6 Å². The van der Waals surface area contributed by atoms with Crippen LogP contribution in [0.4, 0.5) is 25.1 Å². The second kappa shape index (κ2) is 10.6. The second-order valence-electron chi connectivity index (χ2n) is 11.1. The van der Waals surface area contributed by atoms with E-state index in [-0.39, 0.29) is 23.6 Å². The Balaban J connectivity index is 1.44. The summed E-state index contributed by atoms with van der Waals surface area (Å²) >= 11 is 0. The summed E-state index contributed by atoms with van der Waals surface area (Å²) in [5.74, 6) is 0.836. The van der Waals surface area contributed by atoms with Crippen LogP contribution in [-0.4, -0.2) is 50.6 Å². The summed E-state index contributed by atoms with van der Waals surface area (Å²) in [6.45, 7) is 1.66. The van der Waals surface area contributed by atoms with Gasteiger partial charge in [-0.25, -0.2) is 13.6 Å². The molecule has 3 aliphatic rings. The standard InChI is InChI=1S/C29H34F2N8O/c1-33-29(40)37-11-9-25-24(17-37)28(35-39(25)21-7-5-18(14-32)6-8-21)38-10-3-4-19-12-22(20-15-34-36(2)16-20)23(27(30)31)13-26(19)38/h12-13,15-16,18,21,27H,3-11,17H2,1-2H3,(H,33,40)/t18-,21-. The van der Waals surface area contributed by atoms with Crippen LogP contribution >= 0.6 is 0 Å². The molecule has 6 rings (SSSR count). The number of anilines is 2. The molecule has 210 valence electrons. The zero-order valence-electron chi connectivity index (χ0n) is 22.9. The number of hydrogen-bond acceptors (Lipinski definition) is 5. The van der Waals surface area contributed by atoms with Gasteiger partial charge in [-0.15, -0.1) is 0 Å². The number of nitrogens with zero attached hydrogens (tertiary/aromatic N) is 7. The smallest absolute Gasteiger partial charge is 0.317 e. The first-order valence-corrected chi connectivity index (χ1v) is 14.1. The number of urea groups is 1. The number of halogens is 2. The molecule has 0 unspecified atom stereocenters. The van der Waals surface area contributed by atoms with Crippen molar-refractivity contribution in [1.82, 2.24) is 29.8 Å². The topological polar surface area (TPSA) is 95.0 Å². The number of amides is 2. The third-order valence-electron chi connectivity index (χ3n) is 8.67. The molecule has 1 aromatic carbocycles. The normalized spacial score (nSPS) is 20.7. The molecule has 0 spiro atoms. The fourth-order valence-corrected chi connectivity index (χ4v) is 6.59. The number of alkyl halides is 2. The Hall–Kier alpha value is -3.94. The van der Waals surface area contributed by atoms with Gasteiger partial charge in [-0.2, -0.15) is 15.5 Å². The molecule has 1 fully saturated rings. The monoisotopic (exact) mass is 548 g/mol. The van der Waals surface area contributed by atoms with Gasteiger partial charge in [0.25, 0.3) is 6.43 Å². The third-order valence-corrected chi connectivity index (χ3v) is 8.67. The van der Waals surface area contributed by atoms with Crippen molar-refractivity contribution in [3.05, 3.63) is 46.9 Å². The van der Waals surface area contributed by atoms with E-state index in [1.807, 2.05) is 6.07 Å². The predicted octanol–water partition coefficient (Wildman–Crippen LogP) is 5.26. The fourth-order valence-electron chi connectivity index (χ4n) is 6.59. The average molecular weight is 549 g/mol. The molecule has 2 aromatic heterocycles. The molecule has 2 aliphatic heterocycles. The number of nitrogens with one attached hydrogen (secondary N) is 1. The molecule has 40 heavy (non-hydrogen) atoms. The number of carbonyl (C=O) groups is 1. The SMILES string of the molecule is CNC(=O)N1CCc2c(c(N3CCCc4cc(-c5cnn(C)c5)c(C(F)F)cc43)nn2[C@H]2CC[C@H](C#N)CC2)C1. The van der Waals surface area contributed by atoms with Gasteiger partial charge >= 0.3 is 6.03 Å². The van der Waals surface area contributed by atoms with Gasteiger partial charge < -0.3 is 15.1 Å². The zero-order valence-corrected chi connectivity index (χ0v) is 22.9. The minimum Gasteiger partial charge on any atom is -0.341 e. The minimum atomic E-state index is -2.64. The van der Waals surface area contributed by atoms with Gasteiger partial charge in [0.05, 0.1) is 24.9 Å². The van der Waals surface area contributed by atoms with E-state index < -0.39 is 6.43 Å².